The molecule has 8 heteroatoms. The summed E-state index contributed by atoms with van der Waals surface area (Å²) in [5, 5.41) is 23.9. The van der Waals surface area contributed by atoms with E-state index in [2.05, 4.69) is 10.6 Å². The molecule has 2 amide bonds. The molecule has 1 saturated heterocycles. The molecular formula is C20H27N3O5. The number of aliphatic hydroxyl groups excluding tert-OH is 1. The number of hydrogen-bond acceptors (Lipinski definition) is 5. The Balaban J connectivity index is 1.61. The van der Waals surface area contributed by atoms with Crippen molar-refractivity contribution in [3.05, 3.63) is 34.9 Å². The highest BCUT2D eigenvalue weighted by Gasteiger charge is 2.29. The van der Waals surface area contributed by atoms with Crippen LogP contribution in [0.2, 0.25) is 0 Å². The topological polar surface area (TPSA) is 119 Å². The van der Waals surface area contributed by atoms with Gasteiger partial charge < -0.3 is 25.7 Å². The van der Waals surface area contributed by atoms with E-state index in [0.29, 0.717) is 24.6 Å². The maximum atomic E-state index is 12.7. The molecule has 1 aromatic carbocycles. The summed E-state index contributed by atoms with van der Waals surface area (Å²) in [7, 11) is 0. The van der Waals surface area contributed by atoms with E-state index in [1.165, 1.54) is 0 Å². The first kappa shape index (κ1) is 20.3. The Morgan fingerprint density at radius 3 is 2.71 bits per heavy atom. The molecule has 0 bridgehead atoms. The molecular weight excluding hydrogens is 362 g/mol. The fraction of sp³-hybridized carbons (Fsp3) is 0.550. The number of fused-ring (bicyclic) bond motifs is 1. The third kappa shape index (κ3) is 4.88. The van der Waals surface area contributed by atoms with Crippen LogP contribution in [0.4, 0.5) is 0 Å². The Bertz CT molecular complexity index is 745. The summed E-state index contributed by atoms with van der Waals surface area (Å²) in [4.78, 5) is 37.7. The van der Waals surface area contributed by atoms with Crippen molar-refractivity contribution in [1.82, 2.24) is 15.5 Å². The molecule has 2 heterocycles. The van der Waals surface area contributed by atoms with Crippen LogP contribution in [0.5, 0.6) is 0 Å². The van der Waals surface area contributed by atoms with Gasteiger partial charge in [-0.2, -0.15) is 0 Å². The van der Waals surface area contributed by atoms with Crippen LogP contribution in [0.1, 0.15) is 52.0 Å². The number of piperidine rings is 1. The second-order valence-electron chi connectivity index (χ2n) is 7.53. The van der Waals surface area contributed by atoms with Crippen LogP contribution < -0.4 is 10.6 Å². The lowest BCUT2D eigenvalue weighted by Gasteiger charge is -2.25. The number of hydrogen-bond donors (Lipinski definition) is 4. The van der Waals surface area contributed by atoms with Crippen LogP contribution >= 0.6 is 0 Å². The van der Waals surface area contributed by atoms with Crippen molar-refractivity contribution in [2.24, 2.45) is 5.92 Å². The van der Waals surface area contributed by atoms with Crippen LogP contribution in [0, 0.1) is 5.92 Å². The molecule has 0 radical (unpaired) electrons. The number of nitrogens with zero attached hydrogens (tertiary/aromatic N) is 1. The summed E-state index contributed by atoms with van der Waals surface area (Å²) in [6.45, 7) is 2.87. The van der Waals surface area contributed by atoms with Gasteiger partial charge in [0.15, 0.2) is 0 Å². The summed E-state index contributed by atoms with van der Waals surface area (Å²) in [6, 6.07) is 4.10. The molecule has 0 unspecified atom stereocenters. The summed E-state index contributed by atoms with van der Waals surface area (Å²) in [6.07, 6.45) is 2.90. The first-order chi connectivity index (χ1) is 13.5. The number of carbonyl (C=O) groups is 3. The van der Waals surface area contributed by atoms with Crippen LogP contribution in [-0.2, 0) is 11.3 Å². The Hall–Kier alpha value is -2.45. The number of aliphatic carboxylic acids is 1. The van der Waals surface area contributed by atoms with Gasteiger partial charge in [0, 0.05) is 24.2 Å². The molecule has 0 aromatic heterocycles. The van der Waals surface area contributed by atoms with Gasteiger partial charge in [0.25, 0.3) is 11.8 Å². The zero-order valence-corrected chi connectivity index (χ0v) is 15.8. The van der Waals surface area contributed by atoms with Crippen LogP contribution in [0.25, 0.3) is 0 Å². The molecule has 4 N–H and O–H groups in total. The van der Waals surface area contributed by atoms with Crippen LogP contribution in [0.15, 0.2) is 18.2 Å². The van der Waals surface area contributed by atoms with Crippen LogP contribution in [0.3, 0.4) is 0 Å². The second kappa shape index (κ2) is 9.16. The SMILES string of the molecule is O=C(O)C[C@@H](CO)NC(=O)c1ccc2c(c1)C(=O)N(CCC1CCNCC1)C2. The monoisotopic (exact) mass is 389 g/mol. The smallest absolute Gasteiger partial charge is 0.305 e. The fourth-order valence-electron chi connectivity index (χ4n) is 3.83. The minimum Gasteiger partial charge on any atom is -0.481 e. The number of benzene rings is 1. The Morgan fingerprint density at radius 2 is 2.04 bits per heavy atom. The predicted molar refractivity (Wildman–Crippen MR) is 102 cm³/mol. The Kier molecular flexibility index (Phi) is 6.64. The molecule has 0 spiro atoms. The number of rotatable bonds is 8. The highest BCUT2D eigenvalue weighted by atomic mass is 16.4. The van der Waals surface area contributed by atoms with Crippen molar-refractivity contribution >= 4 is 17.8 Å². The van der Waals surface area contributed by atoms with Gasteiger partial charge in [0.1, 0.15) is 0 Å². The summed E-state index contributed by atoms with van der Waals surface area (Å²) >= 11 is 0. The van der Waals surface area contributed by atoms with Gasteiger partial charge in [-0.05, 0) is 56.0 Å². The second-order valence-corrected chi connectivity index (χ2v) is 7.53. The van der Waals surface area contributed by atoms with Gasteiger partial charge in [-0.15, -0.1) is 0 Å². The molecule has 1 atom stereocenters. The summed E-state index contributed by atoms with van der Waals surface area (Å²) in [5.41, 5.74) is 1.71. The zero-order chi connectivity index (χ0) is 20.1. The minimum absolute atomic E-state index is 0.0668. The van der Waals surface area contributed by atoms with Gasteiger partial charge in [-0.3, -0.25) is 14.4 Å². The fourth-order valence-corrected chi connectivity index (χ4v) is 3.83. The third-order valence-corrected chi connectivity index (χ3v) is 5.49. The number of amides is 2. The largest absolute Gasteiger partial charge is 0.481 e. The van der Waals surface area contributed by atoms with Gasteiger partial charge >= 0.3 is 5.97 Å². The molecule has 1 aromatic rings. The van der Waals surface area contributed by atoms with Gasteiger partial charge in [0.05, 0.1) is 19.1 Å². The molecule has 3 rings (SSSR count). The molecule has 8 nitrogen and oxygen atoms in total. The third-order valence-electron chi connectivity index (χ3n) is 5.49. The van der Waals surface area contributed by atoms with Crippen molar-refractivity contribution in [3.8, 4) is 0 Å². The van der Waals surface area contributed by atoms with E-state index in [0.717, 1.165) is 37.9 Å². The van der Waals surface area contributed by atoms with Crippen molar-refractivity contribution in [3.63, 3.8) is 0 Å². The number of aliphatic hydroxyl groups is 1. The summed E-state index contributed by atoms with van der Waals surface area (Å²) in [5.74, 6) is -1.02. The lowest BCUT2D eigenvalue weighted by atomic mass is 9.94. The Morgan fingerprint density at radius 1 is 1.29 bits per heavy atom. The predicted octanol–water partition coefficient (Wildman–Crippen LogP) is 0.597. The average Bonchev–Trinajstić information content (AvgIpc) is 3.01. The van der Waals surface area contributed by atoms with Crippen LogP contribution in [-0.4, -0.2) is 65.2 Å². The first-order valence-corrected chi connectivity index (χ1v) is 9.74. The molecule has 2 aliphatic heterocycles. The van der Waals surface area contributed by atoms with E-state index < -0.39 is 24.5 Å². The van der Waals surface area contributed by atoms with Crippen molar-refractivity contribution in [2.45, 2.75) is 38.3 Å². The number of carboxylic acids is 1. The lowest BCUT2D eigenvalue weighted by Crippen LogP contribution is -2.39. The molecule has 0 saturated carbocycles. The molecule has 1 fully saturated rings. The van der Waals surface area contributed by atoms with Gasteiger partial charge in [0.2, 0.25) is 0 Å². The van der Waals surface area contributed by atoms with Crippen molar-refractivity contribution in [2.75, 3.05) is 26.2 Å². The molecule has 152 valence electrons. The average molecular weight is 389 g/mol. The van der Waals surface area contributed by atoms with Gasteiger partial charge in [-0.1, -0.05) is 6.07 Å². The van der Waals surface area contributed by atoms with E-state index in [1.54, 1.807) is 18.2 Å². The van der Waals surface area contributed by atoms with Gasteiger partial charge in [-0.25, -0.2) is 0 Å². The molecule has 0 aliphatic carbocycles. The lowest BCUT2D eigenvalue weighted by molar-refractivity contribution is -0.137. The van der Waals surface area contributed by atoms with E-state index in [1.807, 2.05) is 4.90 Å². The first-order valence-electron chi connectivity index (χ1n) is 9.74. The Labute approximate surface area is 163 Å². The normalized spacial score (nSPS) is 18.0. The molecule has 28 heavy (non-hydrogen) atoms. The number of carbonyl (C=O) groups excluding carboxylic acids is 2. The highest BCUT2D eigenvalue weighted by Crippen LogP contribution is 2.26. The van der Waals surface area contributed by atoms with E-state index in [9.17, 15) is 19.5 Å². The maximum absolute atomic E-state index is 12.7. The standard InChI is InChI=1S/C20H27N3O5/c24-12-16(10-18(25)26)22-19(27)14-1-2-15-11-23(20(28)17(15)9-14)8-5-13-3-6-21-7-4-13/h1-2,9,13,16,21,24H,3-8,10-12H2,(H,22,27)(H,25,26)/t16-/m0/s1. The van der Waals surface area contributed by atoms with Crippen molar-refractivity contribution in [1.29, 1.82) is 0 Å². The van der Waals surface area contributed by atoms with E-state index >= 15 is 0 Å². The van der Waals surface area contributed by atoms with Crippen molar-refractivity contribution < 1.29 is 24.6 Å². The van der Waals surface area contributed by atoms with E-state index in [4.69, 9.17) is 5.11 Å². The zero-order valence-electron chi connectivity index (χ0n) is 15.8. The quantitative estimate of drug-likeness (QED) is 0.517. The maximum Gasteiger partial charge on any atom is 0.305 e. The summed E-state index contributed by atoms with van der Waals surface area (Å²) < 4.78 is 0. The number of nitrogens with one attached hydrogen (secondary N) is 2. The highest BCUT2D eigenvalue weighted by molar-refractivity contribution is 6.02. The molecule has 2 aliphatic rings. The van der Waals surface area contributed by atoms with E-state index in [-0.39, 0.29) is 17.9 Å². The number of carboxylic acid groups (broad SMARTS) is 1. The minimum atomic E-state index is -1.10.